The van der Waals surface area contributed by atoms with Gasteiger partial charge in [0.05, 0.1) is 13.4 Å². The lowest BCUT2D eigenvalue weighted by molar-refractivity contribution is -0.117. The number of hydrogen-bond acceptors (Lipinski definition) is 3. The van der Waals surface area contributed by atoms with Crippen LogP contribution < -0.4 is 10.1 Å². The molecule has 4 nitrogen and oxygen atoms in total. The van der Waals surface area contributed by atoms with Gasteiger partial charge in [-0.25, -0.2) is 0 Å². The largest absolute Gasteiger partial charge is 0.496 e. The molecule has 156 valence electrons. The van der Waals surface area contributed by atoms with Gasteiger partial charge in [-0.2, -0.15) is 0 Å². The van der Waals surface area contributed by atoms with Crippen molar-refractivity contribution in [3.63, 3.8) is 0 Å². The number of ether oxygens (including phenoxy) is 1. The molecule has 0 atom stereocenters. The standard InChI is InChI=1S/C26H29NO3/c1-17-9-11-19(12-10-17)23-16-30-25-15-24(29-3)21(14-22(23)25)18(2)13-26(28)27-20-7-5-4-6-8-20/h9-16,20H,4-8H2,1-3H3,(H,27,28)/b18-13+. The van der Waals surface area contributed by atoms with Gasteiger partial charge in [0.1, 0.15) is 11.3 Å². The summed E-state index contributed by atoms with van der Waals surface area (Å²) in [5.41, 5.74) is 5.90. The Morgan fingerprint density at radius 3 is 2.57 bits per heavy atom. The van der Waals surface area contributed by atoms with Crippen LogP contribution >= 0.6 is 0 Å². The number of nitrogens with one attached hydrogen (secondary N) is 1. The zero-order valence-electron chi connectivity index (χ0n) is 18.0. The first-order valence-electron chi connectivity index (χ1n) is 10.7. The number of carbonyl (C=O) groups is 1. The monoisotopic (exact) mass is 403 g/mol. The molecule has 0 saturated heterocycles. The van der Waals surface area contributed by atoms with E-state index in [1.54, 1.807) is 19.4 Å². The first-order chi connectivity index (χ1) is 14.5. The molecule has 1 amide bonds. The molecule has 1 aromatic heterocycles. The van der Waals surface area contributed by atoms with E-state index < -0.39 is 0 Å². The van der Waals surface area contributed by atoms with Crippen molar-refractivity contribution in [2.45, 2.75) is 52.0 Å². The van der Waals surface area contributed by atoms with E-state index in [0.29, 0.717) is 11.8 Å². The van der Waals surface area contributed by atoms with Crippen molar-refractivity contribution in [2.24, 2.45) is 0 Å². The third kappa shape index (κ3) is 4.28. The summed E-state index contributed by atoms with van der Waals surface area (Å²) in [7, 11) is 1.64. The molecule has 4 rings (SSSR count). The minimum atomic E-state index is -0.0347. The highest BCUT2D eigenvalue weighted by atomic mass is 16.5. The minimum Gasteiger partial charge on any atom is -0.496 e. The molecule has 1 saturated carbocycles. The molecule has 1 N–H and O–H groups in total. The average molecular weight is 404 g/mol. The molecule has 0 radical (unpaired) electrons. The number of rotatable bonds is 5. The summed E-state index contributed by atoms with van der Waals surface area (Å²) < 4.78 is 11.4. The van der Waals surface area contributed by atoms with Gasteiger partial charge in [0.2, 0.25) is 5.91 Å². The molecule has 0 bridgehead atoms. The molecule has 0 spiro atoms. The summed E-state index contributed by atoms with van der Waals surface area (Å²) in [4.78, 5) is 12.6. The zero-order valence-corrected chi connectivity index (χ0v) is 18.0. The summed E-state index contributed by atoms with van der Waals surface area (Å²) in [6.07, 6.45) is 9.27. The summed E-state index contributed by atoms with van der Waals surface area (Å²) in [6, 6.07) is 12.7. The third-order valence-electron chi connectivity index (χ3n) is 5.98. The van der Waals surface area contributed by atoms with Gasteiger partial charge in [0, 0.05) is 34.7 Å². The van der Waals surface area contributed by atoms with Crippen LogP contribution in [0.5, 0.6) is 5.75 Å². The normalized spacial score (nSPS) is 15.4. The molecule has 1 fully saturated rings. The van der Waals surface area contributed by atoms with E-state index in [2.05, 4.69) is 42.6 Å². The summed E-state index contributed by atoms with van der Waals surface area (Å²) in [5, 5.41) is 4.17. The van der Waals surface area contributed by atoms with E-state index >= 15 is 0 Å². The summed E-state index contributed by atoms with van der Waals surface area (Å²) in [6.45, 7) is 4.03. The third-order valence-corrected chi connectivity index (χ3v) is 5.98. The number of carbonyl (C=O) groups excluding carboxylic acids is 1. The molecule has 2 aromatic carbocycles. The molecule has 1 aliphatic carbocycles. The van der Waals surface area contributed by atoms with Crippen LogP contribution in [0.25, 0.3) is 27.7 Å². The molecular weight excluding hydrogens is 374 g/mol. The second-order valence-electron chi connectivity index (χ2n) is 8.23. The number of aryl methyl sites for hydroxylation is 1. The smallest absolute Gasteiger partial charge is 0.244 e. The first kappa shape index (κ1) is 20.3. The van der Waals surface area contributed by atoms with Crippen LogP contribution in [-0.4, -0.2) is 19.1 Å². The Balaban J connectivity index is 1.67. The second-order valence-corrected chi connectivity index (χ2v) is 8.23. The highest BCUT2D eigenvalue weighted by molar-refractivity contribution is 6.00. The maximum atomic E-state index is 12.6. The number of hydrogen-bond donors (Lipinski definition) is 1. The highest BCUT2D eigenvalue weighted by Gasteiger charge is 2.17. The lowest BCUT2D eigenvalue weighted by atomic mass is 9.95. The fourth-order valence-electron chi connectivity index (χ4n) is 4.25. The van der Waals surface area contributed by atoms with Crippen molar-refractivity contribution in [1.29, 1.82) is 0 Å². The fraction of sp³-hybridized carbons (Fsp3) is 0.346. The predicted molar refractivity (Wildman–Crippen MR) is 122 cm³/mol. The van der Waals surface area contributed by atoms with Gasteiger partial charge >= 0.3 is 0 Å². The molecule has 0 unspecified atom stereocenters. The number of allylic oxidation sites excluding steroid dienone is 1. The first-order valence-corrected chi connectivity index (χ1v) is 10.7. The fourth-order valence-corrected chi connectivity index (χ4v) is 4.25. The number of fused-ring (bicyclic) bond motifs is 1. The zero-order chi connectivity index (χ0) is 21.1. The number of amides is 1. The topological polar surface area (TPSA) is 51.5 Å². The van der Waals surface area contributed by atoms with E-state index in [1.807, 2.05) is 13.0 Å². The number of methoxy groups -OCH3 is 1. The SMILES string of the molecule is COc1cc2occ(-c3ccc(C)cc3)c2cc1/C(C)=C/C(=O)NC1CCCCC1. The number of furan rings is 1. The molecule has 4 heteroatoms. The Bertz CT molecular complexity index is 1070. The Kier molecular flexibility index (Phi) is 5.93. The Morgan fingerprint density at radius 2 is 1.87 bits per heavy atom. The van der Waals surface area contributed by atoms with Gasteiger partial charge in [0.15, 0.2) is 0 Å². The van der Waals surface area contributed by atoms with E-state index in [1.165, 1.54) is 24.8 Å². The van der Waals surface area contributed by atoms with Gasteiger partial charge in [-0.3, -0.25) is 4.79 Å². The van der Waals surface area contributed by atoms with Crippen LogP contribution in [-0.2, 0) is 4.79 Å². The summed E-state index contributed by atoms with van der Waals surface area (Å²) in [5.74, 6) is 0.666. The van der Waals surface area contributed by atoms with Crippen molar-refractivity contribution in [3.05, 3.63) is 59.9 Å². The maximum absolute atomic E-state index is 12.6. The van der Waals surface area contributed by atoms with Crippen LogP contribution in [0, 0.1) is 6.92 Å². The van der Waals surface area contributed by atoms with Crippen molar-refractivity contribution >= 4 is 22.4 Å². The van der Waals surface area contributed by atoms with Gasteiger partial charge in [0.25, 0.3) is 0 Å². The van der Waals surface area contributed by atoms with E-state index in [0.717, 1.165) is 46.1 Å². The molecular formula is C26H29NO3. The van der Waals surface area contributed by atoms with Crippen LogP contribution in [0.4, 0.5) is 0 Å². The van der Waals surface area contributed by atoms with E-state index in [-0.39, 0.29) is 5.91 Å². The van der Waals surface area contributed by atoms with Gasteiger partial charge in [-0.05, 0) is 43.9 Å². The van der Waals surface area contributed by atoms with Crippen LogP contribution in [0.3, 0.4) is 0 Å². The minimum absolute atomic E-state index is 0.0347. The van der Waals surface area contributed by atoms with Crippen molar-refractivity contribution in [2.75, 3.05) is 7.11 Å². The van der Waals surface area contributed by atoms with Crippen LogP contribution in [0.2, 0.25) is 0 Å². The lowest BCUT2D eigenvalue weighted by Crippen LogP contribution is -2.35. The Morgan fingerprint density at radius 1 is 1.13 bits per heavy atom. The Labute approximate surface area is 177 Å². The van der Waals surface area contributed by atoms with Crippen molar-refractivity contribution in [1.82, 2.24) is 5.32 Å². The molecule has 1 heterocycles. The second kappa shape index (κ2) is 8.78. The highest BCUT2D eigenvalue weighted by Crippen LogP contribution is 2.37. The van der Waals surface area contributed by atoms with Gasteiger partial charge in [-0.15, -0.1) is 0 Å². The maximum Gasteiger partial charge on any atom is 0.244 e. The predicted octanol–water partition coefficient (Wildman–Crippen LogP) is 6.27. The van der Waals surface area contributed by atoms with Crippen molar-refractivity contribution < 1.29 is 13.9 Å². The van der Waals surface area contributed by atoms with Gasteiger partial charge in [-0.1, -0.05) is 49.1 Å². The van der Waals surface area contributed by atoms with Gasteiger partial charge < -0.3 is 14.5 Å². The molecule has 30 heavy (non-hydrogen) atoms. The molecule has 3 aromatic rings. The Hall–Kier alpha value is -3.01. The quantitative estimate of drug-likeness (QED) is 0.511. The van der Waals surface area contributed by atoms with Crippen LogP contribution in [0.15, 0.2) is 53.2 Å². The average Bonchev–Trinajstić information content (AvgIpc) is 3.16. The lowest BCUT2D eigenvalue weighted by Gasteiger charge is -2.22. The summed E-state index contributed by atoms with van der Waals surface area (Å²) >= 11 is 0. The van der Waals surface area contributed by atoms with Crippen LogP contribution in [0.1, 0.15) is 50.2 Å². The molecule has 1 aliphatic rings. The van der Waals surface area contributed by atoms with E-state index in [4.69, 9.17) is 9.15 Å². The number of benzene rings is 2. The molecule has 0 aliphatic heterocycles. The van der Waals surface area contributed by atoms with Crippen molar-refractivity contribution in [3.8, 4) is 16.9 Å². The van der Waals surface area contributed by atoms with E-state index in [9.17, 15) is 4.79 Å².